The molecule has 2 N–H and O–H groups in total. The molecule has 3 aliphatic rings. The minimum atomic E-state index is -0.470. The number of hydrogen-bond acceptors (Lipinski definition) is 5. The number of nitrogens with one attached hydrogen (secondary N) is 2. The van der Waals surface area contributed by atoms with E-state index in [-0.39, 0.29) is 11.9 Å². The van der Waals surface area contributed by atoms with Gasteiger partial charge < -0.3 is 29.7 Å². The van der Waals surface area contributed by atoms with E-state index in [9.17, 15) is 4.79 Å². The van der Waals surface area contributed by atoms with Gasteiger partial charge in [0.2, 0.25) is 5.91 Å². The molecule has 0 aromatic heterocycles. The predicted octanol–water partition coefficient (Wildman–Crippen LogP) is 0.965. The zero-order chi connectivity index (χ0) is 18.1. The molecule has 138 valence electrons. The summed E-state index contributed by atoms with van der Waals surface area (Å²) in [4.78, 5) is 15.0. The number of nitrogens with zero attached hydrogens (tertiary/aromatic N) is 1. The molecule has 0 radical (unpaired) electrons. The van der Waals surface area contributed by atoms with Crippen LogP contribution in [0.15, 0.2) is 30.5 Å². The lowest BCUT2D eigenvalue weighted by atomic mass is 9.87. The van der Waals surface area contributed by atoms with E-state index in [4.69, 9.17) is 26.4 Å². The third-order valence-corrected chi connectivity index (χ3v) is 5.00. The number of morpholine rings is 1. The maximum Gasteiger partial charge on any atom is 0.234 e. The van der Waals surface area contributed by atoms with Crippen molar-refractivity contribution >= 4 is 23.2 Å². The van der Waals surface area contributed by atoms with Gasteiger partial charge in [0.15, 0.2) is 16.6 Å². The molecule has 1 aromatic carbocycles. The Balaban J connectivity index is 1.65. The molecule has 0 saturated carbocycles. The molecule has 0 unspecified atom stereocenters. The van der Waals surface area contributed by atoms with Crippen molar-refractivity contribution in [3.63, 3.8) is 0 Å². The van der Waals surface area contributed by atoms with Crippen LogP contribution in [0.1, 0.15) is 11.6 Å². The first-order valence-electron chi connectivity index (χ1n) is 8.66. The third-order valence-electron chi connectivity index (χ3n) is 4.78. The molecule has 1 aromatic rings. The highest BCUT2D eigenvalue weighted by Gasteiger charge is 2.39. The molecular formula is C18H21N3O4S. The van der Waals surface area contributed by atoms with Crippen LogP contribution in [0.4, 0.5) is 0 Å². The average Bonchev–Trinajstić information content (AvgIpc) is 2.67. The molecular weight excluding hydrogens is 354 g/mol. The molecule has 0 spiro atoms. The normalized spacial score (nSPS) is 25.3. The molecule has 8 heteroatoms. The fraction of sp³-hybridized carbons (Fsp3) is 0.444. The first-order valence-corrected chi connectivity index (χ1v) is 9.07. The fourth-order valence-corrected chi connectivity index (χ4v) is 3.74. The van der Waals surface area contributed by atoms with Crippen molar-refractivity contribution < 1.29 is 19.0 Å². The summed E-state index contributed by atoms with van der Waals surface area (Å²) < 4.78 is 16.6. The average molecular weight is 375 g/mol. The van der Waals surface area contributed by atoms with E-state index >= 15 is 0 Å². The minimum Gasteiger partial charge on any atom is -0.486 e. The van der Waals surface area contributed by atoms with Crippen molar-refractivity contribution in [1.29, 1.82) is 0 Å². The Kier molecular flexibility index (Phi) is 4.69. The molecule has 3 heterocycles. The van der Waals surface area contributed by atoms with Gasteiger partial charge in [-0.15, -0.1) is 0 Å². The summed E-state index contributed by atoms with van der Waals surface area (Å²) in [6.07, 6.45) is 0. The molecule has 0 aliphatic carbocycles. The number of hydrogen-bond donors (Lipinski definition) is 2. The van der Waals surface area contributed by atoms with Crippen molar-refractivity contribution in [3.05, 3.63) is 36.0 Å². The maximum atomic E-state index is 13.2. The number of fused-ring (bicyclic) bond motifs is 1. The molecule has 1 amide bonds. The second-order valence-corrected chi connectivity index (χ2v) is 6.83. The number of carbonyl (C=O) groups excluding carboxylic acids is 1. The molecule has 0 bridgehead atoms. The fourth-order valence-electron chi connectivity index (χ4n) is 3.49. The van der Waals surface area contributed by atoms with E-state index in [0.717, 1.165) is 5.56 Å². The van der Waals surface area contributed by atoms with E-state index in [1.54, 1.807) is 0 Å². The van der Waals surface area contributed by atoms with Crippen molar-refractivity contribution in [2.45, 2.75) is 6.04 Å². The van der Waals surface area contributed by atoms with Gasteiger partial charge in [-0.1, -0.05) is 12.6 Å². The lowest BCUT2D eigenvalue weighted by Crippen LogP contribution is -2.55. The van der Waals surface area contributed by atoms with Crippen LogP contribution in [-0.2, 0) is 9.53 Å². The van der Waals surface area contributed by atoms with E-state index < -0.39 is 5.92 Å². The van der Waals surface area contributed by atoms with E-state index in [2.05, 4.69) is 17.2 Å². The summed E-state index contributed by atoms with van der Waals surface area (Å²) in [6, 6.07) is 5.40. The van der Waals surface area contributed by atoms with Crippen LogP contribution in [0.5, 0.6) is 11.5 Å². The largest absolute Gasteiger partial charge is 0.486 e. The van der Waals surface area contributed by atoms with Crippen molar-refractivity contribution in [1.82, 2.24) is 15.5 Å². The lowest BCUT2D eigenvalue weighted by molar-refractivity contribution is -0.139. The molecule has 7 nitrogen and oxygen atoms in total. The van der Waals surface area contributed by atoms with Gasteiger partial charge in [0.05, 0.1) is 19.3 Å². The van der Waals surface area contributed by atoms with Gasteiger partial charge in [0, 0.05) is 18.8 Å². The topological polar surface area (TPSA) is 72.1 Å². The highest BCUT2D eigenvalue weighted by atomic mass is 32.1. The first-order chi connectivity index (χ1) is 12.6. The number of rotatable bonds is 2. The van der Waals surface area contributed by atoms with Crippen molar-refractivity contribution in [2.75, 3.05) is 39.5 Å². The lowest BCUT2D eigenvalue weighted by Gasteiger charge is -2.39. The van der Waals surface area contributed by atoms with Crippen LogP contribution < -0.4 is 20.1 Å². The van der Waals surface area contributed by atoms with Crippen LogP contribution in [-0.4, -0.2) is 55.4 Å². The zero-order valence-electron chi connectivity index (χ0n) is 14.3. The van der Waals surface area contributed by atoms with Crippen LogP contribution in [0, 0.1) is 5.92 Å². The van der Waals surface area contributed by atoms with E-state index in [0.29, 0.717) is 61.8 Å². The highest BCUT2D eigenvalue weighted by Crippen LogP contribution is 2.37. The summed E-state index contributed by atoms with van der Waals surface area (Å²) in [5.41, 5.74) is 1.51. The van der Waals surface area contributed by atoms with Crippen molar-refractivity contribution in [2.24, 2.45) is 5.92 Å². The van der Waals surface area contributed by atoms with Crippen LogP contribution >= 0.6 is 12.2 Å². The molecule has 26 heavy (non-hydrogen) atoms. The van der Waals surface area contributed by atoms with Gasteiger partial charge in [-0.25, -0.2) is 0 Å². The summed E-state index contributed by atoms with van der Waals surface area (Å²) in [5, 5.41) is 6.69. The Bertz CT molecular complexity index is 748. The quantitative estimate of drug-likeness (QED) is 0.746. The maximum absolute atomic E-state index is 13.2. The predicted molar refractivity (Wildman–Crippen MR) is 99.1 cm³/mol. The zero-order valence-corrected chi connectivity index (χ0v) is 15.1. The Labute approximate surface area is 157 Å². The number of benzene rings is 1. The Hall–Kier alpha value is -2.32. The van der Waals surface area contributed by atoms with Crippen molar-refractivity contribution in [3.8, 4) is 11.5 Å². The van der Waals surface area contributed by atoms with Gasteiger partial charge in [0.1, 0.15) is 19.1 Å². The molecule has 2 atom stereocenters. The second-order valence-electron chi connectivity index (χ2n) is 6.42. The van der Waals surface area contributed by atoms with Gasteiger partial charge in [-0.3, -0.25) is 4.79 Å². The van der Waals surface area contributed by atoms with Gasteiger partial charge >= 0.3 is 0 Å². The molecule has 3 aliphatic heterocycles. The third kappa shape index (κ3) is 3.22. The summed E-state index contributed by atoms with van der Waals surface area (Å²) >= 11 is 5.29. The second kappa shape index (κ2) is 7.13. The minimum absolute atomic E-state index is 0.0145. The summed E-state index contributed by atoms with van der Waals surface area (Å²) in [5.74, 6) is 0.942. The van der Waals surface area contributed by atoms with Gasteiger partial charge in [0.25, 0.3) is 0 Å². The smallest absolute Gasteiger partial charge is 0.234 e. The Morgan fingerprint density at radius 1 is 1.15 bits per heavy atom. The van der Waals surface area contributed by atoms with E-state index in [1.807, 2.05) is 23.1 Å². The molecule has 4 rings (SSSR count). The number of amides is 1. The Morgan fingerprint density at radius 2 is 1.88 bits per heavy atom. The monoisotopic (exact) mass is 375 g/mol. The standard InChI is InChI=1S/C18H21N3O4S/c1-11-15(17(22)21-4-6-23-7-5-21)16(20-18(26)19-11)12-2-3-13-14(10-12)25-9-8-24-13/h2-3,10,15-16H,1,4-9H2,(H2,19,20,26)/t15-,16-/m1/s1. The highest BCUT2D eigenvalue weighted by molar-refractivity contribution is 7.80. The Morgan fingerprint density at radius 3 is 2.65 bits per heavy atom. The summed E-state index contributed by atoms with van der Waals surface area (Å²) in [7, 11) is 0. The molecule has 2 fully saturated rings. The van der Waals surface area contributed by atoms with Gasteiger partial charge in [-0.2, -0.15) is 0 Å². The van der Waals surface area contributed by atoms with Crippen LogP contribution in [0.3, 0.4) is 0 Å². The number of thiocarbonyl (C=S) groups is 1. The number of ether oxygens (including phenoxy) is 3. The molecule has 2 saturated heterocycles. The van der Waals surface area contributed by atoms with Crippen LogP contribution in [0.2, 0.25) is 0 Å². The van der Waals surface area contributed by atoms with Crippen LogP contribution in [0.25, 0.3) is 0 Å². The first kappa shape index (κ1) is 17.1. The number of carbonyl (C=O) groups is 1. The van der Waals surface area contributed by atoms with E-state index in [1.165, 1.54) is 0 Å². The van der Waals surface area contributed by atoms with Gasteiger partial charge in [-0.05, 0) is 29.9 Å². The summed E-state index contributed by atoms with van der Waals surface area (Å²) in [6.45, 7) is 7.38. The SMILES string of the molecule is C=C1NC(=S)N[C@H](c2ccc3c(c2)OCCO3)[C@@H]1C(=O)N1CCOCC1.